The van der Waals surface area contributed by atoms with Gasteiger partial charge in [-0.25, -0.2) is 0 Å². The summed E-state index contributed by atoms with van der Waals surface area (Å²) in [6.45, 7) is 4.76. The van der Waals surface area contributed by atoms with Gasteiger partial charge in [-0.2, -0.15) is 0 Å². The molecule has 3 aromatic carbocycles. The number of ether oxygens (including phenoxy) is 2. The second-order valence-electron chi connectivity index (χ2n) is 8.29. The zero-order valence-electron chi connectivity index (χ0n) is 19.3. The van der Waals surface area contributed by atoms with E-state index in [0.717, 1.165) is 24.2 Å². The number of rotatable bonds is 14. The van der Waals surface area contributed by atoms with Crippen molar-refractivity contribution in [1.29, 1.82) is 0 Å². The predicted molar refractivity (Wildman–Crippen MR) is 135 cm³/mol. The molecule has 1 unspecified atom stereocenters. The number of aliphatic hydroxyl groups is 1. The van der Waals surface area contributed by atoms with E-state index in [9.17, 15) is 5.11 Å². The molecular weight excluding hydrogens is 434 g/mol. The maximum atomic E-state index is 9.77. The first-order valence-corrected chi connectivity index (χ1v) is 11.9. The maximum Gasteiger partial charge on any atom is 0.119 e. The minimum absolute atomic E-state index is 0.0248. The summed E-state index contributed by atoms with van der Waals surface area (Å²) in [7, 11) is 0. The molecule has 0 spiro atoms. The SMILES string of the molecule is C[C@H](Cc1ccc(OCCOCCc2ccccc2)cc1)NCC(CO)c1cccc(Cl)c1. The number of benzene rings is 3. The van der Waals surface area contributed by atoms with Crippen LogP contribution >= 0.6 is 11.6 Å². The smallest absolute Gasteiger partial charge is 0.119 e. The van der Waals surface area contributed by atoms with Gasteiger partial charge in [0.25, 0.3) is 0 Å². The van der Waals surface area contributed by atoms with Crippen molar-refractivity contribution >= 4 is 11.6 Å². The van der Waals surface area contributed by atoms with Gasteiger partial charge in [0.1, 0.15) is 12.4 Å². The molecule has 0 saturated heterocycles. The third kappa shape index (κ3) is 9.18. The van der Waals surface area contributed by atoms with Crippen molar-refractivity contribution in [2.45, 2.75) is 31.7 Å². The molecule has 0 bridgehead atoms. The third-order valence-electron chi connectivity index (χ3n) is 5.59. The Morgan fingerprint density at radius 1 is 0.879 bits per heavy atom. The van der Waals surface area contributed by atoms with Gasteiger partial charge in [0.05, 0.1) is 19.8 Å². The largest absolute Gasteiger partial charge is 0.491 e. The molecule has 2 N–H and O–H groups in total. The molecule has 0 aliphatic heterocycles. The fourth-order valence-corrected chi connectivity index (χ4v) is 3.89. The number of halogens is 1. The Bertz CT molecular complexity index is 933. The normalized spacial score (nSPS) is 12.9. The van der Waals surface area contributed by atoms with Crippen LogP contribution in [0.1, 0.15) is 29.5 Å². The zero-order chi connectivity index (χ0) is 23.3. The van der Waals surface area contributed by atoms with Gasteiger partial charge in [0, 0.05) is 23.5 Å². The van der Waals surface area contributed by atoms with E-state index in [1.54, 1.807) is 0 Å². The van der Waals surface area contributed by atoms with Crippen molar-refractivity contribution in [3.63, 3.8) is 0 Å². The van der Waals surface area contributed by atoms with Crippen molar-refractivity contribution in [3.8, 4) is 5.75 Å². The monoisotopic (exact) mass is 467 g/mol. The van der Waals surface area contributed by atoms with Crippen LogP contribution in [-0.2, 0) is 17.6 Å². The summed E-state index contributed by atoms with van der Waals surface area (Å²) in [4.78, 5) is 0. The van der Waals surface area contributed by atoms with E-state index in [1.807, 2.05) is 54.6 Å². The standard InChI is InChI=1S/C28H34ClNO3/c1-22(30-20-26(21-31)25-8-5-9-27(29)19-25)18-24-10-12-28(13-11-24)33-17-16-32-15-14-23-6-3-2-4-7-23/h2-13,19,22,26,30-31H,14-18,20-21H2,1H3/t22-,26?/m1/s1. The number of hydrogen-bond acceptors (Lipinski definition) is 4. The summed E-state index contributed by atoms with van der Waals surface area (Å²) in [5, 5.41) is 14.0. The van der Waals surface area contributed by atoms with Gasteiger partial charge in [-0.1, -0.05) is 66.2 Å². The van der Waals surface area contributed by atoms with Gasteiger partial charge >= 0.3 is 0 Å². The Morgan fingerprint density at radius 2 is 1.67 bits per heavy atom. The van der Waals surface area contributed by atoms with Gasteiger partial charge in [-0.15, -0.1) is 0 Å². The highest BCUT2D eigenvalue weighted by molar-refractivity contribution is 6.30. The lowest BCUT2D eigenvalue weighted by Gasteiger charge is -2.20. The molecule has 3 rings (SSSR count). The van der Waals surface area contributed by atoms with Crippen LogP contribution < -0.4 is 10.1 Å². The number of aliphatic hydroxyl groups excluding tert-OH is 1. The van der Waals surface area contributed by atoms with Gasteiger partial charge < -0.3 is 19.9 Å². The van der Waals surface area contributed by atoms with Gasteiger partial charge in [0.15, 0.2) is 0 Å². The Balaban J connectivity index is 1.33. The van der Waals surface area contributed by atoms with Crippen LogP contribution in [0.3, 0.4) is 0 Å². The lowest BCUT2D eigenvalue weighted by Crippen LogP contribution is -2.33. The third-order valence-corrected chi connectivity index (χ3v) is 5.83. The molecule has 176 valence electrons. The van der Waals surface area contributed by atoms with E-state index >= 15 is 0 Å². The first kappa shape index (κ1) is 25.3. The minimum atomic E-state index is 0.0248. The van der Waals surface area contributed by atoms with E-state index in [4.69, 9.17) is 21.1 Å². The molecule has 0 aliphatic carbocycles. The molecule has 0 aromatic heterocycles. The second kappa shape index (κ2) is 14.0. The Labute approximate surface area is 202 Å². The molecule has 4 nitrogen and oxygen atoms in total. The molecular formula is C28H34ClNO3. The van der Waals surface area contributed by atoms with Crippen molar-refractivity contribution in [2.75, 3.05) is 33.0 Å². The van der Waals surface area contributed by atoms with Crippen LogP contribution in [0.5, 0.6) is 5.75 Å². The van der Waals surface area contributed by atoms with Crippen LogP contribution in [0.15, 0.2) is 78.9 Å². The molecule has 0 heterocycles. The summed E-state index contributed by atoms with van der Waals surface area (Å²) < 4.78 is 11.5. The summed E-state index contributed by atoms with van der Waals surface area (Å²) in [5.74, 6) is 0.879. The molecule has 0 radical (unpaired) electrons. The van der Waals surface area contributed by atoms with E-state index in [1.165, 1.54) is 11.1 Å². The molecule has 0 aliphatic rings. The lowest BCUT2D eigenvalue weighted by atomic mass is 9.99. The molecule has 0 fully saturated rings. The van der Waals surface area contributed by atoms with E-state index in [0.29, 0.717) is 31.4 Å². The van der Waals surface area contributed by atoms with Crippen LogP contribution in [-0.4, -0.2) is 44.1 Å². The molecule has 33 heavy (non-hydrogen) atoms. The van der Waals surface area contributed by atoms with E-state index < -0.39 is 0 Å². The summed E-state index contributed by atoms with van der Waals surface area (Å²) in [5.41, 5.74) is 3.58. The topological polar surface area (TPSA) is 50.7 Å². The van der Waals surface area contributed by atoms with Crippen molar-refractivity contribution < 1.29 is 14.6 Å². The predicted octanol–water partition coefficient (Wildman–Crippen LogP) is 5.27. The van der Waals surface area contributed by atoms with Crippen LogP contribution in [0.4, 0.5) is 0 Å². The van der Waals surface area contributed by atoms with Crippen LogP contribution in [0, 0.1) is 0 Å². The van der Waals surface area contributed by atoms with Crippen molar-refractivity contribution in [2.24, 2.45) is 0 Å². The Morgan fingerprint density at radius 3 is 2.39 bits per heavy atom. The maximum absolute atomic E-state index is 9.77. The molecule has 0 amide bonds. The molecule has 3 aromatic rings. The quantitative estimate of drug-likeness (QED) is 0.317. The highest BCUT2D eigenvalue weighted by atomic mass is 35.5. The van der Waals surface area contributed by atoms with Crippen molar-refractivity contribution in [1.82, 2.24) is 5.32 Å². The first-order chi connectivity index (χ1) is 16.1. The summed E-state index contributed by atoms with van der Waals surface area (Å²) >= 11 is 6.09. The van der Waals surface area contributed by atoms with Gasteiger partial charge in [0.2, 0.25) is 0 Å². The van der Waals surface area contributed by atoms with Crippen LogP contribution in [0.25, 0.3) is 0 Å². The molecule has 5 heteroatoms. The second-order valence-corrected chi connectivity index (χ2v) is 8.72. The number of nitrogens with one attached hydrogen (secondary N) is 1. The molecule has 2 atom stereocenters. The van der Waals surface area contributed by atoms with Gasteiger partial charge in [-0.3, -0.25) is 0 Å². The van der Waals surface area contributed by atoms with Crippen LogP contribution in [0.2, 0.25) is 5.02 Å². The molecule has 0 saturated carbocycles. The number of hydrogen-bond donors (Lipinski definition) is 2. The average molecular weight is 468 g/mol. The highest BCUT2D eigenvalue weighted by Crippen LogP contribution is 2.19. The van der Waals surface area contributed by atoms with Crippen molar-refractivity contribution in [3.05, 3.63) is 101 Å². The average Bonchev–Trinajstić information content (AvgIpc) is 2.83. The van der Waals surface area contributed by atoms with E-state index in [-0.39, 0.29) is 18.6 Å². The Kier molecular flexibility index (Phi) is 10.7. The summed E-state index contributed by atoms with van der Waals surface area (Å²) in [6, 6.07) is 26.5. The fraction of sp³-hybridized carbons (Fsp3) is 0.357. The first-order valence-electron chi connectivity index (χ1n) is 11.6. The highest BCUT2D eigenvalue weighted by Gasteiger charge is 2.13. The minimum Gasteiger partial charge on any atom is -0.491 e. The fourth-order valence-electron chi connectivity index (χ4n) is 3.69. The van der Waals surface area contributed by atoms with Gasteiger partial charge in [-0.05, 0) is 60.7 Å². The van der Waals surface area contributed by atoms with E-state index in [2.05, 4.69) is 36.5 Å². The Hall–Kier alpha value is -2.37. The summed E-state index contributed by atoms with van der Waals surface area (Å²) in [6.07, 6.45) is 1.82. The lowest BCUT2D eigenvalue weighted by molar-refractivity contribution is 0.102. The zero-order valence-corrected chi connectivity index (χ0v) is 20.0.